The average Bonchev–Trinajstić information content (AvgIpc) is 3.52. The Labute approximate surface area is 288 Å². The van der Waals surface area contributed by atoms with Gasteiger partial charge in [-0.1, -0.05) is 135 Å². The fourth-order valence-electron chi connectivity index (χ4n) is 7.71. The minimum absolute atomic E-state index is 0.121. The molecule has 49 heavy (non-hydrogen) atoms. The van der Waals surface area contributed by atoms with Crippen LogP contribution in [-0.2, 0) is 5.41 Å². The Balaban J connectivity index is 1.16. The predicted octanol–water partition coefficient (Wildman–Crippen LogP) is 12.1. The van der Waals surface area contributed by atoms with E-state index in [0.29, 0.717) is 5.84 Å². The molecule has 7 aromatic carbocycles. The first-order valence-electron chi connectivity index (χ1n) is 16.7. The summed E-state index contributed by atoms with van der Waals surface area (Å²) in [6.45, 7) is 4.63. The first-order chi connectivity index (χ1) is 24.0. The maximum Gasteiger partial charge on any atom is 0.161 e. The molecule has 230 valence electrons. The molecule has 1 aliphatic heterocycles. The number of amidine groups is 1. The van der Waals surface area contributed by atoms with Crippen LogP contribution in [-0.4, -0.2) is 11.5 Å². The van der Waals surface area contributed by atoms with E-state index in [4.69, 9.17) is 9.98 Å². The summed E-state index contributed by atoms with van der Waals surface area (Å²) in [7, 11) is 0. The number of allylic oxidation sites excluding steroid dienone is 1. The van der Waals surface area contributed by atoms with Crippen molar-refractivity contribution in [1.82, 2.24) is 0 Å². The molecule has 0 N–H and O–H groups in total. The van der Waals surface area contributed by atoms with Crippen molar-refractivity contribution in [2.24, 2.45) is 9.98 Å². The normalized spacial score (nSPS) is 14.9. The molecule has 0 fully saturated rings. The van der Waals surface area contributed by atoms with Crippen molar-refractivity contribution in [3.05, 3.63) is 179 Å². The van der Waals surface area contributed by atoms with Crippen LogP contribution in [0.3, 0.4) is 0 Å². The van der Waals surface area contributed by atoms with Gasteiger partial charge in [-0.2, -0.15) is 0 Å². The molecule has 1 aromatic heterocycles. The van der Waals surface area contributed by atoms with E-state index in [-0.39, 0.29) is 5.41 Å². The van der Waals surface area contributed by atoms with Crippen LogP contribution < -0.4 is 0 Å². The smallest absolute Gasteiger partial charge is 0.161 e. The molecule has 1 aliphatic carbocycles. The summed E-state index contributed by atoms with van der Waals surface area (Å²) >= 11 is 1.86. The van der Waals surface area contributed by atoms with Gasteiger partial charge in [0.2, 0.25) is 0 Å². The van der Waals surface area contributed by atoms with E-state index in [1.54, 1.807) is 0 Å². The standard InChI is InChI=1S/C46H30N2S/c1-46(2)39-14-8-7-13-35(39)36-20-18-33(27-40(36)46)45-47-41(31-16-15-28-9-3-4-11-30(28)25-31)22-23-42(48-45)32-19-24-43-38(26-32)37-21-17-29-10-5-6-12-34(29)44(37)49-43/h3-21,23-27H,1-2H3. The van der Waals surface area contributed by atoms with E-state index in [2.05, 4.69) is 159 Å². The molecule has 0 bridgehead atoms. The van der Waals surface area contributed by atoms with E-state index in [1.165, 1.54) is 64.0 Å². The molecule has 3 heteroatoms. The molecule has 2 heterocycles. The Hall–Kier alpha value is -5.86. The van der Waals surface area contributed by atoms with Crippen molar-refractivity contribution in [3.8, 4) is 11.1 Å². The van der Waals surface area contributed by atoms with Crippen LogP contribution in [0.5, 0.6) is 0 Å². The van der Waals surface area contributed by atoms with E-state index in [0.717, 1.165) is 28.1 Å². The van der Waals surface area contributed by atoms with E-state index >= 15 is 0 Å². The van der Waals surface area contributed by atoms with Gasteiger partial charge in [-0.25, -0.2) is 9.98 Å². The summed E-state index contributed by atoms with van der Waals surface area (Å²) in [4.78, 5) is 10.6. The number of rotatable bonds is 3. The monoisotopic (exact) mass is 642 g/mol. The fraction of sp³-hybridized carbons (Fsp3) is 0.0652. The molecule has 2 nitrogen and oxygen atoms in total. The number of benzene rings is 7. The first kappa shape index (κ1) is 28.2. The summed E-state index contributed by atoms with van der Waals surface area (Å²) in [5.41, 5.74) is 13.4. The van der Waals surface area contributed by atoms with Gasteiger partial charge >= 0.3 is 0 Å². The lowest BCUT2D eigenvalue weighted by Crippen LogP contribution is -2.15. The maximum atomic E-state index is 5.33. The number of fused-ring (bicyclic) bond motifs is 9. The third-order valence-corrected chi connectivity index (χ3v) is 11.5. The molecule has 0 unspecified atom stereocenters. The van der Waals surface area contributed by atoms with Gasteiger partial charge in [0.15, 0.2) is 5.84 Å². The van der Waals surface area contributed by atoms with Crippen molar-refractivity contribution >= 4 is 70.3 Å². The van der Waals surface area contributed by atoms with Gasteiger partial charge < -0.3 is 0 Å². The summed E-state index contributed by atoms with van der Waals surface area (Å²) in [6.07, 6.45) is 2.01. The van der Waals surface area contributed by atoms with Crippen LogP contribution >= 0.6 is 11.3 Å². The summed E-state index contributed by atoms with van der Waals surface area (Å²) in [5, 5.41) is 7.48. The molecule has 0 saturated heterocycles. The first-order valence-corrected chi connectivity index (χ1v) is 17.6. The third-order valence-electron chi connectivity index (χ3n) is 10.3. The number of thiophene rings is 1. The minimum atomic E-state index is -0.121. The van der Waals surface area contributed by atoms with Gasteiger partial charge in [0.25, 0.3) is 0 Å². The second-order valence-corrected chi connectivity index (χ2v) is 14.6. The predicted molar refractivity (Wildman–Crippen MR) is 209 cm³/mol. The van der Waals surface area contributed by atoms with Crippen molar-refractivity contribution in [1.29, 1.82) is 0 Å². The second kappa shape index (κ2) is 10.6. The largest absolute Gasteiger partial charge is 0.227 e. The highest BCUT2D eigenvalue weighted by atomic mass is 32.1. The van der Waals surface area contributed by atoms with Gasteiger partial charge in [-0.15, -0.1) is 11.3 Å². The van der Waals surface area contributed by atoms with Gasteiger partial charge in [-0.3, -0.25) is 0 Å². The van der Waals surface area contributed by atoms with Gasteiger partial charge in [0, 0.05) is 48.4 Å². The quantitative estimate of drug-likeness (QED) is 0.171. The molecule has 0 amide bonds. The topological polar surface area (TPSA) is 24.7 Å². The van der Waals surface area contributed by atoms with E-state index in [9.17, 15) is 0 Å². The number of nitrogens with zero attached hydrogens (tertiary/aromatic N) is 2. The zero-order valence-electron chi connectivity index (χ0n) is 27.2. The molecule has 0 spiro atoms. The summed E-state index contributed by atoms with van der Waals surface area (Å²) < 4.78 is 2.60. The third kappa shape index (κ3) is 4.41. The molecule has 2 aliphatic rings. The zero-order chi connectivity index (χ0) is 32.7. The lowest BCUT2D eigenvalue weighted by atomic mass is 9.82. The number of aliphatic imine (C=N–C) groups is 2. The Morgan fingerprint density at radius 3 is 2.18 bits per heavy atom. The Morgan fingerprint density at radius 2 is 1.27 bits per heavy atom. The number of hydrogen-bond acceptors (Lipinski definition) is 3. The maximum absolute atomic E-state index is 5.33. The van der Waals surface area contributed by atoms with Gasteiger partial charge in [0.1, 0.15) is 5.70 Å². The van der Waals surface area contributed by atoms with Crippen molar-refractivity contribution in [2.45, 2.75) is 19.3 Å². The van der Waals surface area contributed by atoms with Crippen molar-refractivity contribution in [3.63, 3.8) is 0 Å². The highest BCUT2D eigenvalue weighted by Gasteiger charge is 2.35. The fourth-order valence-corrected chi connectivity index (χ4v) is 8.93. The van der Waals surface area contributed by atoms with Crippen LogP contribution in [0, 0.1) is 0 Å². The molecule has 8 aromatic rings. The lowest BCUT2D eigenvalue weighted by Gasteiger charge is -2.21. The summed E-state index contributed by atoms with van der Waals surface area (Å²) in [6, 6.07) is 50.3. The highest BCUT2D eigenvalue weighted by Crippen LogP contribution is 2.49. The van der Waals surface area contributed by atoms with Crippen LogP contribution in [0.4, 0.5) is 0 Å². The Bertz CT molecular complexity index is 2840. The van der Waals surface area contributed by atoms with Gasteiger partial charge in [0.05, 0.1) is 5.71 Å². The molecular weight excluding hydrogens is 613 g/mol. The van der Waals surface area contributed by atoms with Crippen molar-refractivity contribution < 1.29 is 0 Å². The van der Waals surface area contributed by atoms with Crippen LogP contribution in [0.25, 0.3) is 58.5 Å². The SMILES string of the molecule is CC1(C)c2ccccc2-c2ccc(C3=NC(c4ccc5ccccc5c4)=C=CC(c4ccc5sc6c7ccccc7ccc6c5c4)=N3)cc21. The van der Waals surface area contributed by atoms with E-state index in [1.807, 2.05) is 17.4 Å². The average molecular weight is 643 g/mol. The molecular formula is C46H30N2S. The Morgan fingerprint density at radius 1 is 0.531 bits per heavy atom. The van der Waals surface area contributed by atoms with Crippen LogP contribution in [0.2, 0.25) is 0 Å². The van der Waals surface area contributed by atoms with Crippen molar-refractivity contribution in [2.75, 3.05) is 0 Å². The summed E-state index contributed by atoms with van der Waals surface area (Å²) in [5.74, 6) is 0.690. The van der Waals surface area contributed by atoms with Gasteiger partial charge in [-0.05, 0) is 68.1 Å². The van der Waals surface area contributed by atoms with E-state index < -0.39 is 0 Å². The zero-order valence-corrected chi connectivity index (χ0v) is 28.0. The van der Waals surface area contributed by atoms with Crippen LogP contribution in [0.15, 0.2) is 161 Å². The lowest BCUT2D eigenvalue weighted by molar-refractivity contribution is 0.660. The second-order valence-electron chi connectivity index (χ2n) is 13.5. The number of hydrogen-bond donors (Lipinski definition) is 0. The molecule has 0 atom stereocenters. The molecule has 10 rings (SSSR count). The Kier molecular flexibility index (Phi) is 6.08. The van der Waals surface area contributed by atoms with Crippen LogP contribution in [0.1, 0.15) is 41.7 Å². The molecule has 0 radical (unpaired) electrons. The highest BCUT2D eigenvalue weighted by molar-refractivity contribution is 7.26. The minimum Gasteiger partial charge on any atom is -0.227 e. The molecule has 0 saturated carbocycles.